The number of nitrogens with one attached hydrogen (secondary N) is 2. The first-order valence-corrected chi connectivity index (χ1v) is 7.74. The van der Waals surface area contributed by atoms with E-state index in [0.717, 1.165) is 11.5 Å². The number of aromatic nitrogens is 1. The van der Waals surface area contributed by atoms with Crippen LogP contribution in [0.1, 0.15) is 42.3 Å². The lowest BCUT2D eigenvalue weighted by Crippen LogP contribution is -2.41. The molecule has 0 unspecified atom stereocenters. The molecule has 1 heterocycles. The Morgan fingerprint density at radius 2 is 2.14 bits per heavy atom. The number of carbonyl (C=O) groups excluding carboxylic acids is 1. The second-order valence-corrected chi connectivity index (χ2v) is 5.84. The maximum atomic E-state index is 12.2. The number of nitrogens with zero attached hydrogens (tertiary/aromatic N) is 1. The number of carbonyl (C=O) groups is 1. The van der Waals surface area contributed by atoms with Crippen molar-refractivity contribution in [3.05, 3.63) is 53.4 Å². The summed E-state index contributed by atoms with van der Waals surface area (Å²) < 4.78 is 4.99. The van der Waals surface area contributed by atoms with Gasteiger partial charge < -0.3 is 15.2 Å². The molecule has 2 amide bonds. The molecule has 0 aliphatic heterocycles. The summed E-state index contributed by atoms with van der Waals surface area (Å²) in [6.45, 7) is 2.20. The Labute approximate surface area is 130 Å². The third-order valence-electron chi connectivity index (χ3n) is 4.17. The highest BCUT2D eigenvalue weighted by atomic mass is 16.5. The summed E-state index contributed by atoms with van der Waals surface area (Å²) in [7, 11) is 0. The summed E-state index contributed by atoms with van der Waals surface area (Å²) >= 11 is 0. The number of hydrogen-bond acceptors (Lipinski definition) is 3. The molecule has 0 radical (unpaired) electrons. The van der Waals surface area contributed by atoms with E-state index in [0.29, 0.717) is 12.5 Å². The monoisotopic (exact) mass is 299 g/mol. The molecule has 1 atom stereocenters. The van der Waals surface area contributed by atoms with Crippen molar-refractivity contribution in [1.29, 1.82) is 0 Å². The molecule has 1 aromatic carbocycles. The van der Waals surface area contributed by atoms with E-state index in [1.165, 1.54) is 24.8 Å². The minimum atomic E-state index is -0.165. The van der Waals surface area contributed by atoms with Crippen LogP contribution in [0.5, 0.6) is 0 Å². The maximum absolute atomic E-state index is 12.2. The summed E-state index contributed by atoms with van der Waals surface area (Å²) in [4.78, 5) is 12.2. The van der Waals surface area contributed by atoms with Gasteiger partial charge in [-0.3, -0.25) is 0 Å². The molecule has 3 rings (SSSR count). The minimum absolute atomic E-state index is 0.0778. The van der Waals surface area contributed by atoms with Gasteiger partial charge in [-0.2, -0.15) is 0 Å². The van der Waals surface area contributed by atoms with Gasteiger partial charge in [0.2, 0.25) is 0 Å². The van der Waals surface area contributed by atoms with Gasteiger partial charge in [-0.25, -0.2) is 4.79 Å². The van der Waals surface area contributed by atoms with Crippen LogP contribution in [0.3, 0.4) is 0 Å². The number of benzene rings is 1. The first kappa shape index (κ1) is 14.6. The first-order chi connectivity index (χ1) is 10.7. The van der Waals surface area contributed by atoms with Crippen LogP contribution in [0.4, 0.5) is 4.79 Å². The third kappa shape index (κ3) is 3.47. The molecule has 0 saturated heterocycles. The Bertz CT molecular complexity index is 620. The fraction of sp³-hybridized carbons (Fsp3) is 0.412. The number of amides is 2. The number of hydrogen-bond donors (Lipinski definition) is 2. The van der Waals surface area contributed by atoms with Crippen LogP contribution in [0.15, 0.2) is 40.9 Å². The van der Waals surface area contributed by atoms with Gasteiger partial charge in [0.25, 0.3) is 0 Å². The lowest BCUT2D eigenvalue weighted by atomic mass is 9.77. The number of rotatable bonds is 5. The highest BCUT2D eigenvalue weighted by Crippen LogP contribution is 2.37. The van der Waals surface area contributed by atoms with Crippen LogP contribution in [0.25, 0.3) is 0 Å². The second-order valence-electron chi connectivity index (χ2n) is 5.84. The molecule has 2 aromatic rings. The fourth-order valence-corrected chi connectivity index (χ4v) is 2.77. The minimum Gasteiger partial charge on any atom is -0.361 e. The highest BCUT2D eigenvalue weighted by molar-refractivity contribution is 5.74. The van der Waals surface area contributed by atoms with Gasteiger partial charge in [-0.05, 0) is 31.2 Å². The van der Waals surface area contributed by atoms with Gasteiger partial charge in [0.1, 0.15) is 11.5 Å². The second kappa shape index (κ2) is 6.64. The Hall–Kier alpha value is -2.30. The predicted octanol–water partition coefficient (Wildman–Crippen LogP) is 3.32. The summed E-state index contributed by atoms with van der Waals surface area (Å²) in [6.07, 6.45) is 3.58. The van der Waals surface area contributed by atoms with Gasteiger partial charge in [-0.15, -0.1) is 0 Å². The van der Waals surface area contributed by atoms with E-state index in [4.69, 9.17) is 4.52 Å². The summed E-state index contributed by atoms with van der Waals surface area (Å²) in [5.74, 6) is 1.27. The highest BCUT2D eigenvalue weighted by Gasteiger charge is 2.29. The molecule has 0 spiro atoms. The van der Waals surface area contributed by atoms with Crippen LogP contribution < -0.4 is 10.6 Å². The van der Waals surface area contributed by atoms with Gasteiger partial charge in [0, 0.05) is 6.07 Å². The zero-order chi connectivity index (χ0) is 15.4. The molecule has 1 saturated carbocycles. The quantitative estimate of drug-likeness (QED) is 0.890. The van der Waals surface area contributed by atoms with Gasteiger partial charge in [0.15, 0.2) is 0 Å². The Kier molecular flexibility index (Phi) is 4.42. The molecule has 116 valence electrons. The van der Waals surface area contributed by atoms with Crippen LogP contribution in [-0.4, -0.2) is 11.2 Å². The van der Waals surface area contributed by atoms with Gasteiger partial charge in [-0.1, -0.05) is 41.9 Å². The van der Waals surface area contributed by atoms with E-state index < -0.39 is 0 Å². The summed E-state index contributed by atoms with van der Waals surface area (Å²) in [6, 6.07) is 11.9. The lowest BCUT2D eigenvalue weighted by molar-refractivity contribution is 0.207. The predicted molar refractivity (Wildman–Crippen MR) is 83.1 cm³/mol. The molecule has 1 fully saturated rings. The molecule has 1 aliphatic rings. The van der Waals surface area contributed by atoms with Crippen LogP contribution in [0, 0.1) is 12.8 Å². The molecule has 2 N–H and O–H groups in total. The first-order valence-electron chi connectivity index (χ1n) is 7.74. The van der Waals surface area contributed by atoms with E-state index in [-0.39, 0.29) is 12.1 Å². The normalized spacial score (nSPS) is 15.9. The van der Waals surface area contributed by atoms with Crippen molar-refractivity contribution < 1.29 is 9.32 Å². The third-order valence-corrected chi connectivity index (χ3v) is 4.17. The van der Waals surface area contributed by atoms with Crippen molar-refractivity contribution in [1.82, 2.24) is 15.8 Å². The van der Waals surface area contributed by atoms with Crippen molar-refractivity contribution in [3.63, 3.8) is 0 Å². The van der Waals surface area contributed by atoms with Crippen LogP contribution in [0.2, 0.25) is 0 Å². The molecular formula is C17H21N3O2. The molecule has 22 heavy (non-hydrogen) atoms. The molecule has 1 aromatic heterocycles. The Morgan fingerprint density at radius 3 is 2.73 bits per heavy atom. The summed E-state index contributed by atoms with van der Waals surface area (Å²) in [5.41, 5.74) is 1.90. The van der Waals surface area contributed by atoms with E-state index in [2.05, 4.69) is 27.9 Å². The topological polar surface area (TPSA) is 67.2 Å². The zero-order valence-electron chi connectivity index (χ0n) is 12.7. The van der Waals surface area contributed by atoms with Crippen molar-refractivity contribution in [2.45, 2.75) is 38.8 Å². The Morgan fingerprint density at radius 1 is 1.36 bits per heavy atom. The van der Waals surface area contributed by atoms with Crippen molar-refractivity contribution in [2.75, 3.05) is 0 Å². The van der Waals surface area contributed by atoms with E-state index in [1.807, 2.05) is 31.2 Å². The standard InChI is InChI=1S/C17H21N3O2/c1-12-10-15(20-22-12)11-18-17(21)19-16(14-8-5-9-14)13-6-3-2-4-7-13/h2-4,6-7,10,14,16H,5,8-9,11H2,1H3,(H2,18,19,21)/t16-/m1/s1. The van der Waals surface area contributed by atoms with Crippen molar-refractivity contribution in [3.8, 4) is 0 Å². The molecule has 5 heteroatoms. The SMILES string of the molecule is Cc1cc(CNC(=O)N[C@H](c2ccccc2)C2CCC2)no1. The maximum Gasteiger partial charge on any atom is 0.315 e. The smallest absolute Gasteiger partial charge is 0.315 e. The van der Waals surface area contributed by atoms with Crippen LogP contribution >= 0.6 is 0 Å². The molecule has 0 bridgehead atoms. The van der Waals surface area contributed by atoms with Crippen molar-refractivity contribution >= 4 is 6.03 Å². The number of aryl methyl sites for hydroxylation is 1. The van der Waals surface area contributed by atoms with E-state index >= 15 is 0 Å². The largest absolute Gasteiger partial charge is 0.361 e. The van der Waals surface area contributed by atoms with Crippen molar-refractivity contribution in [2.24, 2.45) is 5.92 Å². The average Bonchev–Trinajstić information content (AvgIpc) is 2.89. The molecule has 1 aliphatic carbocycles. The molecule has 5 nitrogen and oxygen atoms in total. The average molecular weight is 299 g/mol. The number of urea groups is 1. The fourth-order valence-electron chi connectivity index (χ4n) is 2.77. The molecular weight excluding hydrogens is 278 g/mol. The van der Waals surface area contributed by atoms with Gasteiger partial charge >= 0.3 is 6.03 Å². The van der Waals surface area contributed by atoms with E-state index in [1.54, 1.807) is 0 Å². The van der Waals surface area contributed by atoms with Crippen LogP contribution in [-0.2, 0) is 6.54 Å². The summed E-state index contributed by atoms with van der Waals surface area (Å²) in [5, 5.41) is 9.82. The lowest BCUT2D eigenvalue weighted by Gasteiger charge is -2.34. The zero-order valence-corrected chi connectivity index (χ0v) is 12.7. The van der Waals surface area contributed by atoms with E-state index in [9.17, 15) is 4.79 Å². The Balaban J connectivity index is 1.59. The van der Waals surface area contributed by atoms with Gasteiger partial charge in [0.05, 0.1) is 12.6 Å².